The fourth-order valence-corrected chi connectivity index (χ4v) is 7.83. The van der Waals surface area contributed by atoms with Crippen molar-refractivity contribution in [3.8, 4) is 22.5 Å². The van der Waals surface area contributed by atoms with Crippen LogP contribution in [0.4, 0.5) is 0 Å². The maximum atomic E-state index is 2.46. The average Bonchev–Trinajstić information content (AvgIpc) is 3.68. The molecule has 0 radical (unpaired) electrons. The highest BCUT2D eigenvalue weighted by atomic mass is 32.1. The number of benzene rings is 6. The van der Waals surface area contributed by atoms with Crippen LogP contribution in [0.25, 0.3) is 75.5 Å². The smallest absolute Gasteiger partial charge is 0.109 e. The lowest BCUT2D eigenvalue weighted by molar-refractivity contribution is 1.18. The van der Waals surface area contributed by atoms with Gasteiger partial charge in [0.1, 0.15) is 4.83 Å². The van der Waals surface area contributed by atoms with Crippen molar-refractivity contribution >= 4 is 64.3 Å². The van der Waals surface area contributed by atoms with Gasteiger partial charge in [-0.3, -0.25) is 0 Å². The van der Waals surface area contributed by atoms with Crippen LogP contribution in [0.5, 0.6) is 0 Å². The number of rotatable bonds is 3. The Bertz CT molecular complexity index is 2350. The molecule has 9 aromatic rings. The van der Waals surface area contributed by atoms with Gasteiger partial charge in [0.15, 0.2) is 0 Å². The molecule has 2 nitrogen and oxygen atoms in total. The molecule has 0 bridgehead atoms. The molecular weight excluding hydrogens is 516 g/mol. The van der Waals surface area contributed by atoms with Crippen molar-refractivity contribution in [2.45, 2.75) is 0 Å². The van der Waals surface area contributed by atoms with E-state index in [1.807, 2.05) is 11.3 Å². The predicted molar refractivity (Wildman–Crippen MR) is 176 cm³/mol. The lowest BCUT2D eigenvalue weighted by atomic mass is 10.0. The number of aromatic nitrogens is 2. The monoisotopic (exact) mass is 540 g/mol. The fourth-order valence-electron chi connectivity index (χ4n) is 6.59. The van der Waals surface area contributed by atoms with Crippen LogP contribution < -0.4 is 0 Å². The lowest BCUT2D eigenvalue weighted by Gasteiger charge is -2.13. The van der Waals surface area contributed by atoms with E-state index in [0.29, 0.717) is 0 Å². The van der Waals surface area contributed by atoms with Gasteiger partial charge in [-0.25, -0.2) is 0 Å². The second kappa shape index (κ2) is 8.69. The van der Waals surface area contributed by atoms with Gasteiger partial charge in [-0.1, -0.05) is 103 Å². The Hall–Kier alpha value is -5.12. The van der Waals surface area contributed by atoms with Crippen molar-refractivity contribution < 1.29 is 0 Å². The van der Waals surface area contributed by atoms with Crippen molar-refractivity contribution in [1.82, 2.24) is 9.13 Å². The molecule has 0 unspecified atom stereocenters. The molecule has 0 saturated carbocycles. The van der Waals surface area contributed by atoms with Crippen LogP contribution in [0.15, 0.2) is 146 Å². The van der Waals surface area contributed by atoms with Gasteiger partial charge in [0.2, 0.25) is 0 Å². The molecule has 0 saturated heterocycles. The largest absolute Gasteiger partial charge is 0.309 e. The Labute approximate surface area is 240 Å². The molecule has 0 atom stereocenters. The third-order valence-corrected chi connectivity index (χ3v) is 9.50. The van der Waals surface area contributed by atoms with Crippen LogP contribution in [-0.4, -0.2) is 9.13 Å². The average molecular weight is 541 g/mol. The summed E-state index contributed by atoms with van der Waals surface area (Å²) in [5.41, 5.74) is 8.54. The zero-order chi connectivity index (χ0) is 26.9. The van der Waals surface area contributed by atoms with Gasteiger partial charge < -0.3 is 9.13 Å². The fraction of sp³-hybridized carbons (Fsp3) is 0. The molecule has 0 amide bonds. The molecule has 0 N–H and O–H groups in total. The Morgan fingerprint density at radius 3 is 1.73 bits per heavy atom. The quantitative estimate of drug-likeness (QED) is 0.211. The third kappa shape index (κ3) is 3.24. The first kappa shape index (κ1) is 22.7. The highest BCUT2D eigenvalue weighted by molar-refractivity contribution is 7.25. The van der Waals surface area contributed by atoms with Crippen LogP contribution >= 0.6 is 11.3 Å². The molecule has 3 heteroatoms. The number of nitrogens with zero attached hydrogens (tertiary/aromatic N) is 2. The van der Waals surface area contributed by atoms with Gasteiger partial charge in [0.05, 0.1) is 16.6 Å². The number of thiophene rings is 1. The molecule has 41 heavy (non-hydrogen) atoms. The van der Waals surface area contributed by atoms with Crippen LogP contribution in [0.1, 0.15) is 0 Å². The molecule has 192 valence electrons. The van der Waals surface area contributed by atoms with Gasteiger partial charge >= 0.3 is 0 Å². The van der Waals surface area contributed by atoms with E-state index in [-0.39, 0.29) is 0 Å². The molecule has 3 aromatic heterocycles. The minimum atomic E-state index is 1.17. The number of para-hydroxylation sites is 4. The van der Waals surface area contributed by atoms with Crippen LogP contribution in [0.2, 0.25) is 0 Å². The summed E-state index contributed by atoms with van der Waals surface area (Å²) < 4.78 is 6.17. The molecular formula is C38H24N2S. The Balaban J connectivity index is 1.30. The highest BCUT2D eigenvalue weighted by Gasteiger charge is 2.20. The highest BCUT2D eigenvalue weighted by Crippen LogP contribution is 2.45. The molecule has 0 fully saturated rings. The summed E-state index contributed by atoms with van der Waals surface area (Å²) in [6.07, 6.45) is 0. The molecule has 3 heterocycles. The van der Waals surface area contributed by atoms with Crippen LogP contribution in [-0.2, 0) is 0 Å². The molecule has 0 aliphatic carbocycles. The second-order valence-corrected chi connectivity index (χ2v) is 11.6. The Morgan fingerprint density at radius 2 is 1.00 bits per heavy atom. The summed E-state index contributed by atoms with van der Waals surface area (Å²) in [5.74, 6) is 0. The van der Waals surface area contributed by atoms with Gasteiger partial charge in [-0.2, -0.15) is 0 Å². The van der Waals surface area contributed by atoms with Crippen molar-refractivity contribution in [3.63, 3.8) is 0 Å². The van der Waals surface area contributed by atoms with Crippen molar-refractivity contribution in [3.05, 3.63) is 146 Å². The SMILES string of the molecule is c1ccc(-n2c3sc4ccccc4c3c3cccc(-c4ccc(-n5c6ccccc6c6ccccc65)cc4)c32)cc1. The van der Waals surface area contributed by atoms with Crippen molar-refractivity contribution in [2.75, 3.05) is 0 Å². The van der Waals surface area contributed by atoms with Crippen molar-refractivity contribution in [2.24, 2.45) is 0 Å². The van der Waals surface area contributed by atoms with Crippen LogP contribution in [0, 0.1) is 0 Å². The normalized spacial score (nSPS) is 11.9. The van der Waals surface area contributed by atoms with E-state index in [1.165, 1.54) is 75.5 Å². The number of hydrogen-bond donors (Lipinski definition) is 0. The summed E-state index contributed by atoms with van der Waals surface area (Å²) in [6.45, 7) is 0. The zero-order valence-corrected chi connectivity index (χ0v) is 23.0. The van der Waals surface area contributed by atoms with Crippen LogP contribution in [0.3, 0.4) is 0 Å². The molecule has 0 aliphatic rings. The van der Waals surface area contributed by atoms with E-state index in [2.05, 4.69) is 155 Å². The standard InChI is InChI=1S/C38H24N2S/c1-2-11-26(12-3-1)40-37-28(16-10-17-32(37)36-31-15-6-9-20-35(31)41-38(36)40)25-21-23-27(24-22-25)39-33-18-7-4-13-29(33)30-14-5-8-19-34(30)39/h1-24H. The molecule has 0 spiro atoms. The summed E-state index contributed by atoms with van der Waals surface area (Å²) in [6, 6.07) is 52.8. The predicted octanol–water partition coefficient (Wildman–Crippen LogP) is 10.8. The zero-order valence-electron chi connectivity index (χ0n) is 22.2. The minimum absolute atomic E-state index is 1.17. The van der Waals surface area contributed by atoms with E-state index in [9.17, 15) is 0 Å². The van der Waals surface area contributed by atoms with Crippen molar-refractivity contribution in [1.29, 1.82) is 0 Å². The topological polar surface area (TPSA) is 9.86 Å². The number of fused-ring (bicyclic) bond motifs is 8. The Kier molecular flexibility index (Phi) is 4.80. The van der Waals surface area contributed by atoms with Gasteiger partial charge in [-0.05, 0) is 48.0 Å². The summed E-state index contributed by atoms with van der Waals surface area (Å²) in [4.78, 5) is 1.29. The molecule has 6 aromatic carbocycles. The molecule has 9 rings (SSSR count). The summed E-state index contributed by atoms with van der Waals surface area (Å²) in [7, 11) is 0. The maximum Gasteiger partial charge on any atom is 0.109 e. The minimum Gasteiger partial charge on any atom is -0.309 e. The van der Waals surface area contributed by atoms with Gasteiger partial charge in [0.25, 0.3) is 0 Å². The number of hydrogen-bond acceptors (Lipinski definition) is 1. The summed E-state index contributed by atoms with van der Waals surface area (Å²) >= 11 is 1.88. The first-order valence-electron chi connectivity index (χ1n) is 14.0. The van der Waals surface area contributed by atoms with E-state index in [1.54, 1.807) is 0 Å². The second-order valence-electron chi connectivity index (χ2n) is 10.6. The van der Waals surface area contributed by atoms with E-state index in [4.69, 9.17) is 0 Å². The third-order valence-electron chi connectivity index (χ3n) is 8.34. The maximum absolute atomic E-state index is 2.46. The first-order valence-corrected chi connectivity index (χ1v) is 14.8. The van der Waals surface area contributed by atoms with Gasteiger partial charge in [-0.15, -0.1) is 11.3 Å². The van der Waals surface area contributed by atoms with E-state index >= 15 is 0 Å². The first-order chi connectivity index (χ1) is 20.4. The van der Waals surface area contributed by atoms with Gasteiger partial charge in [0, 0.05) is 48.6 Å². The summed E-state index contributed by atoms with van der Waals surface area (Å²) in [5, 5.41) is 6.53. The molecule has 0 aliphatic heterocycles. The van der Waals surface area contributed by atoms with E-state index in [0.717, 1.165) is 0 Å². The van der Waals surface area contributed by atoms with E-state index < -0.39 is 0 Å². The lowest BCUT2D eigenvalue weighted by Crippen LogP contribution is -1.95. The Morgan fingerprint density at radius 1 is 0.415 bits per heavy atom.